The summed E-state index contributed by atoms with van der Waals surface area (Å²) >= 11 is 1.40. The van der Waals surface area contributed by atoms with Crippen molar-refractivity contribution in [2.24, 2.45) is 0 Å². The minimum absolute atomic E-state index is 0.102. The fourth-order valence-electron chi connectivity index (χ4n) is 2.29. The van der Waals surface area contributed by atoms with Crippen LogP contribution >= 0.6 is 11.3 Å². The van der Waals surface area contributed by atoms with E-state index in [1.165, 1.54) is 11.3 Å². The minimum Gasteiger partial charge on any atom is -0.321 e. The standard InChI is InChI=1S/C17H17N3OS/c1-3-13-8-4-5-9-14(13)19-16(21)15-12(2)18-17(22-15)20-10-6-7-11-20/h4-11H,3H2,1-2H3,(H,19,21). The van der Waals surface area contributed by atoms with Crippen molar-refractivity contribution in [3.63, 3.8) is 0 Å². The second-order valence-corrected chi connectivity index (χ2v) is 5.94. The molecule has 0 spiro atoms. The van der Waals surface area contributed by atoms with Crippen molar-refractivity contribution in [1.82, 2.24) is 9.55 Å². The predicted octanol–water partition coefficient (Wildman–Crippen LogP) is 4.06. The minimum atomic E-state index is -0.102. The maximum absolute atomic E-state index is 12.5. The third kappa shape index (κ3) is 2.80. The van der Waals surface area contributed by atoms with Crippen LogP contribution in [0.1, 0.15) is 27.9 Å². The first-order valence-corrected chi connectivity index (χ1v) is 8.00. The fourth-order valence-corrected chi connectivity index (χ4v) is 3.22. The molecule has 0 radical (unpaired) electrons. The Labute approximate surface area is 133 Å². The van der Waals surface area contributed by atoms with Gasteiger partial charge in [0.05, 0.1) is 5.69 Å². The number of nitrogens with zero attached hydrogens (tertiary/aromatic N) is 2. The molecule has 0 aliphatic rings. The van der Waals surface area contributed by atoms with Gasteiger partial charge < -0.3 is 9.88 Å². The molecule has 0 unspecified atom stereocenters. The lowest BCUT2D eigenvalue weighted by atomic mass is 10.1. The molecule has 0 saturated carbocycles. The zero-order chi connectivity index (χ0) is 15.5. The molecule has 3 aromatic rings. The van der Waals surface area contributed by atoms with Gasteiger partial charge in [-0.25, -0.2) is 4.98 Å². The Balaban J connectivity index is 1.87. The van der Waals surface area contributed by atoms with Crippen LogP contribution in [0.2, 0.25) is 0 Å². The average Bonchev–Trinajstić information content (AvgIpc) is 3.17. The highest BCUT2D eigenvalue weighted by atomic mass is 32.1. The first kappa shape index (κ1) is 14.5. The van der Waals surface area contributed by atoms with E-state index in [2.05, 4.69) is 17.2 Å². The second kappa shape index (κ2) is 6.15. The number of hydrogen-bond donors (Lipinski definition) is 1. The van der Waals surface area contributed by atoms with Gasteiger partial charge in [-0.3, -0.25) is 4.79 Å². The number of nitrogens with one attached hydrogen (secondary N) is 1. The molecule has 0 fully saturated rings. The van der Waals surface area contributed by atoms with Crippen LogP contribution in [0.15, 0.2) is 48.8 Å². The van der Waals surface area contributed by atoms with Crippen LogP contribution in [0.25, 0.3) is 5.13 Å². The van der Waals surface area contributed by atoms with Crippen molar-refractivity contribution >= 4 is 22.9 Å². The van der Waals surface area contributed by atoms with Crippen LogP contribution < -0.4 is 5.32 Å². The van der Waals surface area contributed by atoms with Crippen LogP contribution in [-0.4, -0.2) is 15.5 Å². The molecule has 0 aliphatic carbocycles. The third-order valence-electron chi connectivity index (χ3n) is 3.46. The van der Waals surface area contributed by atoms with E-state index >= 15 is 0 Å². The average molecular weight is 311 g/mol. The number of carbonyl (C=O) groups is 1. The van der Waals surface area contributed by atoms with E-state index in [1.54, 1.807) is 0 Å². The SMILES string of the molecule is CCc1ccccc1NC(=O)c1sc(-n2cccc2)nc1C. The van der Waals surface area contributed by atoms with Crippen molar-refractivity contribution in [2.45, 2.75) is 20.3 Å². The first-order valence-electron chi connectivity index (χ1n) is 7.19. The number of carbonyl (C=O) groups excluding carboxylic acids is 1. The number of benzene rings is 1. The first-order chi connectivity index (χ1) is 10.7. The Morgan fingerprint density at radius 1 is 1.23 bits per heavy atom. The van der Waals surface area contributed by atoms with Gasteiger partial charge in [-0.15, -0.1) is 0 Å². The lowest BCUT2D eigenvalue weighted by molar-refractivity contribution is 0.102. The molecular weight excluding hydrogens is 294 g/mol. The van der Waals surface area contributed by atoms with Gasteiger partial charge >= 0.3 is 0 Å². The van der Waals surface area contributed by atoms with Crippen LogP contribution in [0, 0.1) is 6.92 Å². The quantitative estimate of drug-likeness (QED) is 0.790. The number of amides is 1. The van der Waals surface area contributed by atoms with Crippen LogP contribution in [-0.2, 0) is 6.42 Å². The summed E-state index contributed by atoms with van der Waals surface area (Å²) in [6.07, 6.45) is 4.73. The number of rotatable bonds is 4. The predicted molar refractivity (Wildman–Crippen MR) is 90.0 cm³/mol. The summed E-state index contributed by atoms with van der Waals surface area (Å²) in [4.78, 5) is 17.7. The van der Waals surface area contributed by atoms with Gasteiger partial charge in [0.25, 0.3) is 5.91 Å². The molecule has 0 saturated heterocycles. The van der Waals surface area contributed by atoms with Crippen molar-refractivity contribution in [1.29, 1.82) is 0 Å². The van der Waals surface area contributed by atoms with Crippen molar-refractivity contribution in [3.05, 3.63) is 64.9 Å². The number of thiazole rings is 1. The lowest BCUT2D eigenvalue weighted by Gasteiger charge is -2.08. The second-order valence-electron chi connectivity index (χ2n) is 4.97. The monoisotopic (exact) mass is 311 g/mol. The zero-order valence-corrected chi connectivity index (χ0v) is 13.4. The van der Waals surface area contributed by atoms with Gasteiger partial charge in [-0.2, -0.15) is 0 Å². The van der Waals surface area contributed by atoms with E-state index in [0.717, 1.165) is 28.5 Å². The Kier molecular flexibility index (Phi) is 4.06. The summed E-state index contributed by atoms with van der Waals surface area (Å²) in [7, 11) is 0. The Morgan fingerprint density at radius 3 is 2.68 bits per heavy atom. The molecule has 1 amide bonds. The molecule has 1 aromatic carbocycles. The van der Waals surface area contributed by atoms with Crippen molar-refractivity contribution < 1.29 is 4.79 Å². The molecule has 3 rings (SSSR count). The number of hydrogen-bond acceptors (Lipinski definition) is 3. The summed E-state index contributed by atoms with van der Waals surface area (Å²) in [5.74, 6) is -0.102. The van der Waals surface area contributed by atoms with E-state index < -0.39 is 0 Å². The molecule has 4 nitrogen and oxygen atoms in total. The van der Waals surface area contributed by atoms with Crippen molar-refractivity contribution in [3.8, 4) is 5.13 Å². The molecule has 0 aliphatic heterocycles. The molecule has 1 N–H and O–H groups in total. The van der Waals surface area contributed by atoms with Gasteiger partial charge in [0, 0.05) is 18.1 Å². The highest BCUT2D eigenvalue weighted by Gasteiger charge is 2.16. The van der Waals surface area contributed by atoms with E-state index in [9.17, 15) is 4.79 Å². The Bertz CT molecular complexity index is 790. The molecule has 22 heavy (non-hydrogen) atoms. The smallest absolute Gasteiger partial charge is 0.267 e. The molecule has 0 atom stereocenters. The molecule has 5 heteroatoms. The van der Waals surface area contributed by atoms with Gasteiger partial charge in [0.2, 0.25) is 0 Å². The molecular formula is C17H17N3OS. The third-order valence-corrected chi connectivity index (χ3v) is 4.63. The van der Waals surface area contributed by atoms with Crippen molar-refractivity contribution in [2.75, 3.05) is 5.32 Å². The van der Waals surface area contributed by atoms with Gasteiger partial charge in [0.15, 0.2) is 5.13 Å². The summed E-state index contributed by atoms with van der Waals surface area (Å²) in [5, 5.41) is 3.80. The molecule has 0 bridgehead atoms. The van der Waals surface area contributed by atoms with E-state index in [0.29, 0.717) is 4.88 Å². The summed E-state index contributed by atoms with van der Waals surface area (Å²) < 4.78 is 1.91. The number of para-hydroxylation sites is 1. The van der Waals surface area contributed by atoms with Gasteiger partial charge in [-0.1, -0.05) is 36.5 Å². The summed E-state index contributed by atoms with van der Waals surface area (Å²) in [5.41, 5.74) is 2.74. The Hall–Kier alpha value is -2.40. The highest BCUT2D eigenvalue weighted by molar-refractivity contribution is 7.16. The van der Waals surface area contributed by atoms with Crippen LogP contribution in [0.5, 0.6) is 0 Å². The highest BCUT2D eigenvalue weighted by Crippen LogP contribution is 2.24. The number of anilines is 1. The largest absolute Gasteiger partial charge is 0.321 e. The van der Waals surface area contributed by atoms with Crippen LogP contribution in [0.3, 0.4) is 0 Å². The van der Waals surface area contributed by atoms with Crippen LogP contribution in [0.4, 0.5) is 5.69 Å². The van der Waals surface area contributed by atoms with Gasteiger partial charge in [0.1, 0.15) is 4.88 Å². The van der Waals surface area contributed by atoms with E-state index in [4.69, 9.17) is 0 Å². The van der Waals surface area contributed by atoms with Gasteiger partial charge in [-0.05, 0) is 37.1 Å². The molecule has 2 heterocycles. The summed E-state index contributed by atoms with van der Waals surface area (Å²) in [6.45, 7) is 3.94. The molecule has 2 aromatic heterocycles. The molecule has 112 valence electrons. The van der Waals surface area contributed by atoms with E-state index in [1.807, 2.05) is 60.3 Å². The normalized spacial score (nSPS) is 10.6. The maximum atomic E-state index is 12.5. The maximum Gasteiger partial charge on any atom is 0.267 e. The zero-order valence-electron chi connectivity index (χ0n) is 12.5. The Morgan fingerprint density at radius 2 is 1.95 bits per heavy atom. The fraction of sp³-hybridized carbons (Fsp3) is 0.176. The summed E-state index contributed by atoms with van der Waals surface area (Å²) in [6, 6.07) is 11.7. The number of aryl methyl sites for hydroxylation is 2. The van der Waals surface area contributed by atoms with E-state index in [-0.39, 0.29) is 5.91 Å². The lowest BCUT2D eigenvalue weighted by Crippen LogP contribution is -2.12. The topological polar surface area (TPSA) is 46.9 Å². The number of aromatic nitrogens is 2.